The third kappa shape index (κ3) is 3.79. The van der Waals surface area contributed by atoms with Crippen molar-refractivity contribution in [2.45, 2.75) is 20.8 Å². The number of aromatic nitrogens is 1. The van der Waals surface area contributed by atoms with Crippen molar-refractivity contribution >= 4 is 40.1 Å². The first-order valence-electron chi connectivity index (χ1n) is 7.13. The Morgan fingerprint density at radius 3 is 2.44 bits per heavy atom. The van der Waals surface area contributed by atoms with Crippen molar-refractivity contribution in [3.8, 4) is 0 Å². The summed E-state index contributed by atoms with van der Waals surface area (Å²) in [6, 6.07) is 0. The van der Waals surface area contributed by atoms with Gasteiger partial charge < -0.3 is 25.0 Å². The van der Waals surface area contributed by atoms with Gasteiger partial charge in [0.15, 0.2) is 6.61 Å². The van der Waals surface area contributed by atoms with Crippen LogP contribution in [0.5, 0.6) is 0 Å². The molecule has 0 saturated heterocycles. The number of ether oxygens (including phenoxy) is 2. The van der Waals surface area contributed by atoms with Crippen molar-refractivity contribution in [3.63, 3.8) is 0 Å². The molecule has 2 heterocycles. The van der Waals surface area contributed by atoms with Crippen LogP contribution in [0.25, 0.3) is 0 Å². The number of methoxy groups -OCH3 is 1. The Labute approximate surface area is 147 Å². The Hall–Kier alpha value is -2.88. The number of nitrogens with two attached hydrogens (primary N) is 1. The van der Waals surface area contributed by atoms with E-state index in [-0.39, 0.29) is 22.7 Å². The third-order valence-electron chi connectivity index (χ3n) is 3.46. The van der Waals surface area contributed by atoms with Gasteiger partial charge in [0, 0.05) is 4.88 Å². The molecule has 0 aliphatic heterocycles. The molecule has 2 rings (SSSR count). The average molecular weight is 367 g/mol. The van der Waals surface area contributed by atoms with Crippen molar-refractivity contribution in [1.82, 2.24) is 5.16 Å². The summed E-state index contributed by atoms with van der Waals surface area (Å²) in [4.78, 5) is 36.7. The van der Waals surface area contributed by atoms with Gasteiger partial charge in [-0.2, -0.15) is 0 Å². The highest BCUT2D eigenvalue weighted by Gasteiger charge is 2.23. The maximum absolute atomic E-state index is 12.0. The number of hydrogen-bond donors (Lipinski definition) is 2. The Kier molecular flexibility index (Phi) is 5.42. The van der Waals surface area contributed by atoms with Crippen LogP contribution in [0, 0.1) is 20.8 Å². The number of carbonyl (C=O) groups excluding carboxylic acids is 3. The third-order valence-corrected chi connectivity index (χ3v) is 4.58. The minimum Gasteiger partial charge on any atom is -0.465 e. The van der Waals surface area contributed by atoms with Crippen LogP contribution in [0.2, 0.25) is 0 Å². The van der Waals surface area contributed by atoms with Gasteiger partial charge in [-0.25, -0.2) is 9.59 Å². The number of nitrogens with one attached hydrogen (secondary N) is 1. The SMILES string of the molecule is COC(=O)c1c(NC(=O)COC(=O)c2c(C)noc2N)sc(C)c1C. The molecule has 3 N–H and O–H groups in total. The van der Waals surface area contributed by atoms with E-state index in [1.54, 1.807) is 6.92 Å². The molecule has 0 radical (unpaired) electrons. The van der Waals surface area contributed by atoms with Crippen molar-refractivity contribution in [2.24, 2.45) is 0 Å². The molecule has 0 bridgehead atoms. The van der Waals surface area contributed by atoms with Gasteiger partial charge in [-0.05, 0) is 26.3 Å². The molecule has 25 heavy (non-hydrogen) atoms. The van der Waals surface area contributed by atoms with E-state index in [9.17, 15) is 14.4 Å². The fourth-order valence-electron chi connectivity index (χ4n) is 2.06. The van der Waals surface area contributed by atoms with Gasteiger partial charge in [0.25, 0.3) is 5.91 Å². The maximum Gasteiger partial charge on any atom is 0.346 e. The van der Waals surface area contributed by atoms with Gasteiger partial charge in [0.2, 0.25) is 5.88 Å². The van der Waals surface area contributed by atoms with E-state index in [0.29, 0.717) is 5.00 Å². The van der Waals surface area contributed by atoms with Crippen molar-refractivity contribution in [3.05, 3.63) is 27.3 Å². The first-order valence-corrected chi connectivity index (χ1v) is 7.94. The van der Waals surface area contributed by atoms with Crippen LogP contribution in [0.3, 0.4) is 0 Å². The number of esters is 2. The predicted octanol–water partition coefficient (Wildman–Crippen LogP) is 1.83. The lowest BCUT2D eigenvalue weighted by Crippen LogP contribution is -2.22. The van der Waals surface area contributed by atoms with Gasteiger partial charge in [0.1, 0.15) is 10.6 Å². The van der Waals surface area contributed by atoms with E-state index in [2.05, 4.69) is 15.0 Å². The van der Waals surface area contributed by atoms with E-state index in [1.165, 1.54) is 25.4 Å². The van der Waals surface area contributed by atoms with Gasteiger partial charge in [-0.3, -0.25) is 4.79 Å². The Bertz CT molecular complexity index is 819. The van der Waals surface area contributed by atoms with E-state index < -0.39 is 24.5 Å². The fourth-order valence-corrected chi connectivity index (χ4v) is 3.13. The van der Waals surface area contributed by atoms with Gasteiger partial charge in [0.05, 0.1) is 18.4 Å². The lowest BCUT2D eigenvalue weighted by molar-refractivity contribution is -0.119. The predicted molar refractivity (Wildman–Crippen MR) is 89.7 cm³/mol. The summed E-state index contributed by atoms with van der Waals surface area (Å²) in [6.45, 7) is 4.54. The highest BCUT2D eigenvalue weighted by Crippen LogP contribution is 2.32. The summed E-state index contributed by atoms with van der Waals surface area (Å²) in [5.41, 5.74) is 6.72. The number of thiophene rings is 1. The Morgan fingerprint density at radius 2 is 1.88 bits per heavy atom. The topological polar surface area (TPSA) is 134 Å². The van der Waals surface area contributed by atoms with Crippen LogP contribution >= 0.6 is 11.3 Å². The van der Waals surface area contributed by atoms with Crippen LogP contribution in [0.4, 0.5) is 10.9 Å². The van der Waals surface area contributed by atoms with Crippen LogP contribution in [0.15, 0.2) is 4.52 Å². The lowest BCUT2D eigenvalue weighted by Gasteiger charge is -2.07. The molecule has 1 amide bonds. The fraction of sp³-hybridized carbons (Fsp3) is 0.333. The number of anilines is 2. The molecule has 2 aromatic heterocycles. The molecule has 2 aromatic rings. The van der Waals surface area contributed by atoms with Gasteiger partial charge in [-0.15, -0.1) is 11.3 Å². The van der Waals surface area contributed by atoms with E-state index in [0.717, 1.165) is 10.4 Å². The number of aryl methyl sites for hydroxylation is 2. The maximum atomic E-state index is 12.0. The first kappa shape index (κ1) is 18.5. The minimum atomic E-state index is -0.821. The Balaban J connectivity index is 2.05. The first-order chi connectivity index (χ1) is 11.8. The number of rotatable bonds is 5. The smallest absolute Gasteiger partial charge is 0.346 e. The van der Waals surface area contributed by atoms with Crippen molar-refractivity contribution in [1.29, 1.82) is 0 Å². The highest BCUT2D eigenvalue weighted by atomic mass is 32.1. The molecule has 134 valence electrons. The molecule has 0 aliphatic carbocycles. The molecule has 9 nitrogen and oxygen atoms in total. The van der Waals surface area contributed by atoms with Crippen molar-refractivity contribution in [2.75, 3.05) is 24.8 Å². The standard InChI is InChI=1S/C15H17N3O6S/c1-6-8(3)25-13(10(6)14(20)22-4)17-9(19)5-23-15(21)11-7(2)18-24-12(11)16/h5,16H2,1-4H3,(H,17,19). The Morgan fingerprint density at radius 1 is 1.20 bits per heavy atom. The molecule has 0 fully saturated rings. The van der Waals surface area contributed by atoms with Crippen LogP contribution < -0.4 is 11.1 Å². The monoisotopic (exact) mass is 367 g/mol. The van der Waals surface area contributed by atoms with Gasteiger partial charge in [-0.1, -0.05) is 5.16 Å². The summed E-state index contributed by atoms with van der Waals surface area (Å²) >= 11 is 1.23. The second kappa shape index (κ2) is 7.34. The number of hydrogen-bond acceptors (Lipinski definition) is 9. The molecule has 0 saturated carbocycles. The van der Waals surface area contributed by atoms with Crippen LogP contribution in [0.1, 0.15) is 36.9 Å². The van der Waals surface area contributed by atoms with Crippen molar-refractivity contribution < 1.29 is 28.4 Å². The van der Waals surface area contributed by atoms with E-state index in [1.807, 2.05) is 6.92 Å². The van der Waals surface area contributed by atoms with Crippen LogP contribution in [-0.2, 0) is 14.3 Å². The molecular weight excluding hydrogens is 350 g/mol. The molecule has 10 heteroatoms. The average Bonchev–Trinajstić information content (AvgIpc) is 3.04. The summed E-state index contributed by atoms with van der Waals surface area (Å²) in [7, 11) is 1.26. The van der Waals surface area contributed by atoms with Gasteiger partial charge >= 0.3 is 11.9 Å². The number of nitrogen functional groups attached to an aromatic ring is 1. The molecule has 0 aliphatic rings. The quantitative estimate of drug-likeness (QED) is 0.764. The second-order valence-electron chi connectivity index (χ2n) is 5.11. The number of carbonyl (C=O) groups is 3. The summed E-state index contributed by atoms with van der Waals surface area (Å²) < 4.78 is 14.3. The highest BCUT2D eigenvalue weighted by molar-refractivity contribution is 7.16. The summed E-state index contributed by atoms with van der Waals surface area (Å²) in [5.74, 6) is -2.16. The second-order valence-corrected chi connectivity index (χ2v) is 6.34. The molecule has 0 unspecified atom stereocenters. The van der Waals surface area contributed by atoms with E-state index in [4.69, 9.17) is 15.2 Å². The number of nitrogens with zero attached hydrogens (tertiary/aromatic N) is 1. The summed E-state index contributed by atoms with van der Waals surface area (Å²) in [6.07, 6.45) is 0. The summed E-state index contributed by atoms with van der Waals surface area (Å²) in [5, 5.41) is 6.42. The van der Waals surface area contributed by atoms with E-state index >= 15 is 0 Å². The normalized spacial score (nSPS) is 10.4. The lowest BCUT2D eigenvalue weighted by atomic mass is 10.1. The molecular formula is C15H17N3O6S. The van der Waals surface area contributed by atoms with Crippen LogP contribution in [-0.4, -0.2) is 36.7 Å². The zero-order chi connectivity index (χ0) is 18.7. The number of amides is 1. The molecule has 0 atom stereocenters. The largest absolute Gasteiger partial charge is 0.465 e. The zero-order valence-corrected chi connectivity index (χ0v) is 14.9. The molecule has 0 spiro atoms. The minimum absolute atomic E-state index is 0.0223. The zero-order valence-electron chi connectivity index (χ0n) is 14.1. The molecule has 0 aromatic carbocycles.